The molecule has 158 valence electrons. The maximum Gasteiger partial charge on any atom is 0.269 e. The number of amides is 2. The Morgan fingerprint density at radius 3 is 2.34 bits per heavy atom. The maximum atomic E-state index is 12.5. The van der Waals surface area contributed by atoms with Crippen LogP contribution in [0.15, 0.2) is 24.3 Å². The largest absolute Gasteiger partial charge is 0.494 e. The van der Waals surface area contributed by atoms with E-state index < -0.39 is 0 Å². The van der Waals surface area contributed by atoms with Crippen molar-refractivity contribution in [2.45, 2.75) is 64.7 Å². The molecule has 6 nitrogen and oxygen atoms in total. The van der Waals surface area contributed by atoms with Crippen LogP contribution >= 0.6 is 0 Å². The molecular weight excluding hydrogens is 368 g/mol. The lowest BCUT2D eigenvalue weighted by Crippen LogP contribution is -2.48. The van der Waals surface area contributed by atoms with E-state index in [1.807, 2.05) is 0 Å². The van der Waals surface area contributed by atoms with Crippen LogP contribution < -0.4 is 15.6 Å². The van der Waals surface area contributed by atoms with Gasteiger partial charge >= 0.3 is 0 Å². The molecule has 0 spiro atoms. The highest BCUT2D eigenvalue weighted by Crippen LogP contribution is 2.40. The van der Waals surface area contributed by atoms with Crippen molar-refractivity contribution in [2.75, 3.05) is 6.61 Å². The van der Waals surface area contributed by atoms with E-state index in [1.54, 1.807) is 24.3 Å². The number of carbonyl (C=O) groups excluding carboxylic acids is 3. The van der Waals surface area contributed by atoms with Gasteiger partial charge in [-0.1, -0.05) is 32.6 Å². The molecule has 29 heavy (non-hydrogen) atoms. The van der Waals surface area contributed by atoms with E-state index in [9.17, 15) is 14.4 Å². The molecule has 2 amide bonds. The second-order valence-electron chi connectivity index (χ2n) is 8.27. The van der Waals surface area contributed by atoms with Crippen molar-refractivity contribution < 1.29 is 19.1 Å². The van der Waals surface area contributed by atoms with E-state index in [2.05, 4.69) is 17.8 Å². The van der Waals surface area contributed by atoms with Gasteiger partial charge in [0.1, 0.15) is 11.5 Å². The first-order chi connectivity index (χ1) is 14.1. The Hall–Kier alpha value is -2.37. The number of fused-ring (bicyclic) bond motifs is 2. The van der Waals surface area contributed by atoms with Gasteiger partial charge in [-0.3, -0.25) is 25.2 Å². The molecule has 2 bridgehead atoms. The van der Waals surface area contributed by atoms with E-state index in [0.717, 1.165) is 37.9 Å². The summed E-state index contributed by atoms with van der Waals surface area (Å²) in [4.78, 5) is 36.9. The molecule has 2 aliphatic carbocycles. The number of rotatable bonds is 8. The lowest BCUT2D eigenvalue weighted by Gasteiger charge is -2.36. The monoisotopic (exact) mass is 400 g/mol. The highest BCUT2D eigenvalue weighted by atomic mass is 16.5. The van der Waals surface area contributed by atoms with Gasteiger partial charge in [-0.15, -0.1) is 0 Å². The number of ketones is 1. The second-order valence-corrected chi connectivity index (χ2v) is 8.27. The van der Waals surface area contributed by atoms with Crippen LogP contribution in [0.1, 0.15) is 75.1 Å². The molecular formula is C23H32N2O4. The molecule has 2 fully saturated rings. The third kappa shape index (κ3) is 5.81. The SMILES string of the molecule is CCCCCCOc1ccc(C(=O)NNC(=O)C2CC3CCCC(C2)C3=O)cc1. The zero-order valence-electron chi connectivity index (χ0n) is 17.2. The van der Waals surface area contributed by atoms with E-state index in [0.29, 0.717) is 30.8 Å². The summed E-state index contributed by atoms with van der Waals surface area (Å²) in [5.74, 6) is 0.339. The van der Waals surface area contributed by atoms with E-state index in [-0.39, 0.29) is 29.6 Å². The molecule has 2 aliphatic rings. The average molecular weight is 401 g/mol. The normalized spacial score (nSPS) is 23.3. The van der Waals surface area contributed by atoms with Gasteiger partial charge in [0, 0.05) is 23.3 Å². The molecule has 1 aromatic rings. The fourth-order valence-corrected chi connectivity index (χ4v) is 4.41. The Kier molecular flexibility index (Phi) is 7.67. The van der Waals surface area contributed by atoms with Gasteiger partial charge in [0.15, 0.2) is 0 Å². The summed E-state index contributed by atoms with van der Waals surface area (Å²) in [6.07, 6.45) is 8.64. The zero-order chi connectivity index (χ0) is 20.6. The van der Waals surface area contributed by atoms with Crippen LogP contribution in [0.4, 0.5) is 0 Å². The minimum atomic E-state index is -0.361. The van der Waals surface area contributed by atoms with Gasteiger partial charge in [-0.05, 0) is 56.4 Å². The number of hydrogen-bond acceptors (Lipinski definition) is 4. The highest BCUT2D eigenvalue weighted by Gasteiger charge is 2.41. The topological polar surface area (TPSA) is 84.5 Å². The number of ether oxygens (including phenoxy) is 1. The molecule has 1 aromatic carbocycles. The van der Waals surface area contributed by atoms with E-state index in [4.69, 9.17) is 4.74 Å². The molecule has 2 atom stereocenters. The van der Waals surface area contributed by atoms with E-state index >= 15 is 0 Å². The second kappa shape index (κ2) is 10.4. The molecule has 0 heterocycles. The lowest BCUT2D eigenvalue weighted by atomic mass is 9.67. The third-order valence-electron chi connectivity index (χ3n) is 6.10. The van der Waals surface area contributed by atoms with Gasteiger partial charge < -0.3 is 4.74 Å². The summed E-state index contributed by atoms with van der Waals surface area (Å²) in [5.41, 5.74) is 5.49. The molecule has 3 rings (SSSR count). The highest BCUT2D eigenvalue weighted by molar-refractivity contribution is 5.96. The maximum absolute atomic E-state index is 12.5. The van der Waals surface area contributed by atoms with Gasteiger partial charge in [0.2, 0.25) is 5.91 Å². The summed E-state index contributed by atoms with van der Waals surface area (Å²) in [7, 11) is 0. The van der Waals surface area contributed by atoms with Gasteiger partial charge in [0.05, 0.1) is 6.61 Å². The van der Waals surface area contributed by atoms with Crippen LogP contribution in [-0.2, 0) is 9.59 Å². The quantitative estimate of drug-likeness (QED) is 0.513. The summed E-state index contributed by atoms with van der Waals surface area (Å²) < 4.78 is 5.68. The predicted molar refractivity (Wildman–Crippen MR) is 110 cm³/mol. The Morgan fingerprint density at radius 1 is 1.00 bits per heavy atom. The number of hydrazine groups is 1. The van der Waals surface area contributed by atoms with Gasteiger partial charge in [-0.25, -0.2) is 0 Å². The van der Waals surface area contributed by atoms with Crippen LogP contribution in [0.25, 0.3) is 0 Å². The molecule has 2 saturated carbocycles. The molecule has 2 unspecified atom stereocenters. The Labute approximate surface area is 172 Å². The molecule has 0 aliphatic heterocycles. The van der Waals surface area contributed by atoms with Gasteiger partial charge in [-0.2, -0.15) is 0 Å². The third-order valence-corrected chi connectivity index (χ3v) is 6.10. The van der Waals surface area contributed by atoms with Crippen LogP contribution in [0, 0.1) is 17.8 Å². The molecule has 6 heteroatoms. The van der Waals surface area contributed by atoms with Gasteiger partial charge in [0.25, 0.3) is 5.91 Å². The minimum absolute atomic E-state index is 0.0171. The van der Waals surface area contributed by atoms with Crippen molar-refractivity contribution >= 4 is 17.6 Å². The van der Waals surface area contributed by atoms with Crippen LogP contribution in [0.3, 0.4) is 0 Å². The number of carbonyl (C=O) groups is 3. The minimum Gasteiger partial charge on any atom is -0.494 e. The predicted octanol–water partition coefficient (Wildman–Crippen LogP) is 3.80. The molecule has 0 aromatic heterocycles. The van der Waals surface area contributed by atoms with Crippen molar-refractivity contribution in [3.63, 3.8) is 0 Å². The number of benzene rings is 1. The number of Topliss-reactive ketones (excluding diaryl/α,β-unsaturated/α-hetero) is 1. The average Bonchev–Trinajstić information content (AvgIpc) is 2.72. The summed E-state index contributed by atoms with van der Waals surface area (Å²) in [6.45, 7) is 2.85. The Balaban J connectivity index is 1.42. The number of hydrogen-bond donors (Lipinski definition) is 2. The van der Waals surface area contributed by atoms with Crippen molar-refractivity contribution in [3.05, 3.63) is 29.8 Å². The fraction of sp³-hybridized carbons (Fsp3) is 0.609. The number of unbranched alkanes of at least 4 members (excludes halogenated alkanes) is 3. The van der Waals surface area contributed by atoms with Crippen molar-refractivity contribution in [1.82, 2.24) is 10.9 Å². The molecule has 0 radical (unpaired) electrons. The smallest absolute Gasteiger partial charge is 0.269 e. The van der Waals surface area contributed by atoms with Crippen LogP contribution in [0.2, 0.25) is 0 Å². The summed E-state index contributed by atoms with van der Waals surface area (Å²) >= 11 is 0. The van der Waals surface area contributed by atoms with Crippen LogP contribution in [0.5, 0.6) is 5.75 Å². The summed E-state index contributed by atoms with van der Waals surface area (Å²) in [6, 6.07) is 6.91. The number of nitrogens with one attached hydrogen (secondary N) is 2. The zero-order valence-corrected chi connectivity index (χ0v) is 17.2. The van der Waals surface area contributed by atoms with Crippen molar-refractivity contribution in [1.29, 1.82) is 0 Å². The first-order valence-electron chi connectivity index (χ1n) is 10.9. The standard InChI is InChI=1S/C23H32N2O4/c1-2-3-4-5-13-29-20-11-9-16(10-12-20)22(27)24-25-23(28)19-14-17-7-6-8-18(15-19)21(17)26/h9-12,17-19H,2-8,13-15H2,1H3,(H,24,27)(H,25,28). The lowest BCUT2D eigenvalue weighted by molar-refractivity contribution is -0.138. The molecule has 2 N–H and O–H groups in total. The summed E-state index contributed by atoms with van der Waals surface area (Å²) in [5, 5.41) is 0. The molecule has 0 saturated heterocycles. The first kappa shape index (κ1) is 21.3. The van der Waals surface area contributed by atoms with Crippen LogP contribution in [-0.4, -0.2) is 24.2 Å². The first-order valence-corrected chi connectivity index (χ1v) is 10.9. The fourth-order valence-electron chi connectivity index (χ4n) is 4.41. The Morgan fingerprint density at radius 2 is 1.69 bits per heavy atom. The van der Waals surface area contributed by atoms with E-state index in [1.165, 1.54) is 12.8 Å². The Bertz CT molecular complexity index is 700. The van der Waals surface area contributed by atoms with Crippen molar-refractivity contribution in [2.24, 2.45) is 17.8 Å². The van der Waals surface area contributed by atoms with Crippen molar-refractivity contribution in [3.8, 4) is 5.75 Å².